The number of rotatable bonds is 8. The second-order valence-electron chi connectivity index (χ2n) is 6.97. The Labute approximate surface area is 190 Å². The van der Waals surface area contributed by atoms with Gasteiger partial charge in [0.1, 0.15) is 21.6 Å². The summed E-state index contributed by atoms with van der Waals surface area (Å²) in [4.78, 5) is 24.9. The third kappa shape index (κ3) is 5.71. The van der Waals surface area contributed by atoms with Crippen LogP contribution in [-0.2, 0) is 15.8 Å². The van der Waals surface area contributed by atoms with Gasteiger partial charge in [0.15, 0.2) is 0 Å². The highest BCUT2D eigenvalue weighted by atomic mass is 32.2. The molecule has 0 aliphatic carbocycles. The zero-order chi connectivity index (χ0) is 23.5. The lowest BCUT2D eigenvalue weighted by Crippen LogP contribution is -2.29. The van der Waals surface area contributed by atoms with Gasteiger partial charge in [-0.25, -0.2) is 0 Å². The molecule has 0 saturated carbocycles. The molecule has 1 fully saturated rings. The number of phenols is 1. The fraction of sp³-hybridized carbons (Fsp3) is 0.286. The Bertz CT molecular complexity index is 1080. The molecule has 1 aliphatic rings. The van der Waals surface area contributed by atoms with Gasteiger partial charge in [-0.2, -0.15) is 13.2 Å². The van der Waals surface area contributed by atoms with E-state index in [4.69, 9.17) is 21.7 Å². The molecule has 0 unspecified atom stereocenters. The van der Waals surface area contributed by atoms with Crippen molar-refractivity contribution in [2.75, 3.05) is 6.54 Å². The zero-order valence-electron chi connectivity index (χ0n) is 16.5. The fourth-order valence-electron chi connectivity index (χ4n) is 3.04. The predicted octanol–water partition coefficient (Wildman–Crippen LogP) is 5.52. The van der Waals surface area contributed by atoms with E-state index in [1.54, 1.807) is 0 Å². The minimum atomic E-state index is -4.57. The minimum Gasteiger partial charge on any atom is -0.507 e. The standard InChI is InChI=1S/C21H18F3NO5S2/c22-21(23,24)12-5-7-14(15(26)10-12)16-8-6-13(30-16)11-17-19(29)25(20(31)32-17)9-3-1-2-4-18(27)28/h5-8,10-11,26H,1-4,9H2,(H,27,28)/b17-11-. The minimum absolute atomic E-state index is 0.0770. The quantitative estimate of drug-likeness (QED) is 0.289. The Kier molecular flexibility index (Phi) is 7.29. The number of amides is 1. The van der Waals surface area contributed by atoms with E-state index in [9.17, 15) is 27.9 Å². The number of carbonyl (C=O) groups excluding carboxylic acids is 1. The number of thiocarbonyl (C=S) groups is 1. The van der Waals surface area contributed by atoms with E-state index in [-0.39, 0.29) is 29.4 Å². The monoisotopic (exact) mass is 485 g/mol. The van der Waals surface area contributed by atoms with E-state index in [1.165, 1.54) is 23.1 Å². The maximum absolute atomic E-state index is 12.8. The molecular weight excluding hydrogens is 467 g/mol. The summed E-state index contributed by atoms with van der Waals surface area (Å²) in [5.41, 5.74) is -0.885. The first-order valence-electron chi connectivity index (χ1n) is 9.54. The van der Waals surface area contributed by atoms with Crippen LogP contribution in [0.5, 0.6) is 5.75 Å². The van der Waals surface area contributed by atoms with E-state index in [0.29, 0.717) is 41.1 Å². The smallest absolute Gasteiger partial charge is 0.416 e. The largest absolute Gasteiger partial charge is 0.507 e. The van der Waals surface area contributed by atoms with Gasteiger partial charge in [0.25, 0.3) is 5.91 Å². The van der Waals surface area contributed by atoms with Crippen LogP contribution in [0, 0.1) is 0 Å². The lowest BCUT2D eigenvalue weighted by molar-refractivity contribution is -0.138. The van der Waals surface area contributed by atoms with E-state index in [2.05, 4.69) is 0 Å². The lowest BCUT2D eigenvalue weighted by Gasteiger charge is -2.13. The number of carboxylic acids is 1. The highest BCUT2D eigenvalue weighted by molar-refractivity contribution is 8.26. The number of aliphatic carboxylic acids is 1. The highest BCUT2D eigenvalue weighted by Crippen LogP contribution is 2.38. The predicted molar refractivity (Wildman–Crippen MR) is 117 cm³/mol. The summed E-state index contributed by atoms with van der Waals surface area (Å²) >= 11 is 6.35. The summed E-state index contributed by atoms with van der Waals surface area (Å²) in [5, 5.41) is 18.6. The SMILES string of the molecule is O=C(O)CCCCCN1C(=O)/C(=C/c2ccc(-c3ccc(C(F)(F)F)cc3O)o2)SC1=S. The van der Waals surface area contributed by atoms with Gasteiger partial charge >= 0.3 is 12.1 Å². The number of furan rings is 1. The molecule has 1 aliphatic heterocycles. The van der Waals surface area contributed by atoms with Crippen molar-refractivity contribution in [1.82, 2.24) is 4.90 Å². The topological polar surface area (TPSA) is 91.0 Å². The second-order valence-corrected chi connectivity index (χ2v) is 8.65. The van der Waals surface area contributed by atoms with Gasteiger partial charge in [0, 0.05) is 19.0 Å². The summed E-state index contributed by atoms with van der Waals surface area (Å²) in [6.07, 6.45) is -1.23. The van der Waals surface area contributed by atoms with E-state index in [1.807, 2.05) is 0 Å². The number of thioether (sulfide) groups is 1. The lowest BCUT2D eigenvalue weighted by atomic mass is 10.1. The Balaban J connectivity index is 1.68. The molecule has 1 amide bonds. The molecule has 11 heteroatoms. The fourth-order valence-corrected chi connectivity index (χ4v) is 4.33. The van der Waals surface area contributed by atoms with E-state index >= 15 is 0 Å². The van der Waals surface area contributed by atoms with Gasteiger partial charge in [-0.05, 0) is 43.2 Å². The van der Waals surface area contributed by atoms with Crippen LogP contribution in [0.1, 0.15) is 37.0 Å². The van der Waals surface area contributed by atoms with Crippen LogP contribution < -0.4 is 0 Å². The van der Waals surface area contributed by atoms with Gasteiger partial charge in [-0.1, -0.05) is 30.4 Å². The van der Waals surface area contributed by atoms with Crippen LogP contribution in [0.2, 0.25) is 0 Å². The van der Waals surface area contributed by atoms with Gasteiger partial charge < -0.3 is 14.6 Å². The summed E-state index contributed by atoms with van der Waals surface area (Å²) in [5.74, 6) is -1.30. The van der Waals surface area contributed by atoms with E-state index in [0.717, 1.165) is 23.9 Å². The number of nitrogens with zero attached hydrogens (tertiary/aromatic N) is 1. The highest BCUT2D eigenvalue weighted by Gasteiger charge is 2.32. The molecule has 1 aromatic carbocycles. The van der Waals surface area contributed by atoms with Gasteiger partial charge in [0.05, 0.1) is 16.0 Å². The van der Waals surface area contributed by atoms with Crippen LogP contribution >= 0.6 is 24.0 Å². The van der Waals surface area contributed by atoms with Crippen LogP contribution in [0.25, 0.3) is 17.4 Å². The third-order valence-corrected chi connectivity index (χ3v) is 6.01. The molecule has 3 rings (SSSR count). The number of hydrogen-bond acceptors (Lipinski definition) is 6. The number of alkyl halides is 3. The molecule has 1 aromatic heterocycles. The van der Waals surface area contributed by atoms with E-state index < -0.39 is 23.5 Å². The van der Waals surface area contributed by atoms with Crippen molar-refractivity contribution >= 4 is 46.3 Å². The summed E-state index contributed by atoms with van der Waals surface area (Å²) < 4.78 is 44.3. The van der Waals surface area contributed by atoms with Crippen molar-refractivity contribution in [1.29, 1.82) is 0 Å². The van der Waals surface area contributed by atoms with Crippen molar-refractivity contribution < 1.29 is 37.4 Å². The number of carboxylic acid groups (broad SMARTS) is 1. The maximum Gasteiger partial charge on any atom is 0.416 e. The molecule has 1 saturated heterocycles. The van der Waals surface area contributed by atoms with Crippen molar-refractivity contribution in [3.63, 3.8) is 0 Å². The van der Waals surface area contributed by atoms with Crippen molar-refractivity contribution in [3.05, 3.63) is 46.6 Å². The number of phenolic OH excluding ortho intramolecular Hbond substituents is 1. The first kappa shape index (κ1) is 23.9. The van der Waals surface area contributed by atoms with Crippen LogP contribution in [-0.4, -0.2) is 37.9 Å². The number of benzene rings is 1. The molecule has 0 bridgehead atoms. The molecule has 170 valence electrons. The van der Waals surface area contributed by atoms with Crippen molar-refractivity contribution in [3.8, 4) is 17.1 Å². The zero-order valence-corrected chi connectivity index (χ0v) is 18.1. The summed E-state index contributed by atoms with van der Waals surface area (Å²) in [6, 6.07) is 5.60. The first-order valence-corrected chi connectivity index (χ1v) is 10.8. The number of carbonyl (C=O) groups is 2. The van der Waals surface area contributed by atoms with Crippen LogP contribution in [0.3, 0.4) is 0 Å². The number of aromatic hydroxyl groups is 1. The molecule has 0 radical (unpaired) electrons. The second kappa shape index (κ2) is 9.78. The number of hydrogen-bond donors (Lipinski definition) is 2. The Morgan fingerprint density at radius 3 is 2.59 bits per heavy atom. The average molecular weight is 486 g/mol. The molecule has 6 nitrogen and oxygen atoms in total. The molecule has 0 spiro atoms. The Morgan fingerprint density at radius 2 is 1.94 bits per heavy atom. The molecule has 2 N–H and O–H groups in total. The third-order valence-electron chi connectivity index (χ3n) is 4.64. The number of unbranched alkanes of at least 4 members (excludes halogenated alkanes) is 2. The van der Waals surface area contributed by atoms with Crippen LogP contribution in [0.4, 0.5) is 13.2 Å². The Hall–Kier alpha value is -2.79. The van der Waals surface area contributed by atoms with Crippen molar-refractivity contribution in [2.45, 2.75) is 31.9 Å². The molecule has 0 atom stereocenters. The van der Waals surface area contributed by atoms with Crippen molar-refractivity contribution in [2.24, 2.45) is 0 Å². The molecule has 32 heavy (non-hydrogen) atoms. The number of halogens is 3. The average Bonchev–Trinajstić information content (AvgIpc) is 3.26. The summed E-state index contributed by atoms with van der Waals surface area (Å²) in [6.45, 7) is 0.379. The molecular formula is C21H18F3NO5S2. The Morgan fingerprint density at radius 1 is 1.19 bits per heavy atom. The first-order chi connectivity index (χ1) is 15.1. The maximum atomic E-state index is 12.8. The van der Waals surface area contributed by atoms with Gasteiger partial charge in [-0.15, -0.1) is 0 Å². The van der Waals surface area contributed by atoms with Gasteiger partial charge in [0.2, 0.25) is 0 Å². The molecule has 2 aromatic rings. The normalized spacial score (nSPS) is 15.7. The summed E-state index contributed by atoms with van der Waals surface area (Å²) in [7, 11) is 0. The molecule has 2 heterocycles. The van der Waals surface area contributed by atoms with Crippen LogP contribution in [0.15, 0.2) is 39.7 Å². The van der Waals surface area contributed by atoms with Gasteiger partial charge in [-0.3, -0.25) is 14.5 Å².